The molecule has 0 fully saturated rings. The van der Waals surface area contributed by atoms with E-state index in [1.165, 1.54) is 0 Å². The Morgan fingerprint density at radius 3 is 2.12 bits per heavy atom. The van der Waals surface area contributed by atoms with Crippen molar-refractivity contribution in [3.63, 3.8) is 0 Å². The first kappa shape index (κ1) is 8.23. The highest BCUT2D eigenvalue weighted by molar-refractivity contribution is 8.22. The monoisotopic (exact) mass is 139 g/mol. The highest BCUT2D eigenvalue weighted by atomic mass is 32.3. The van der Waals surface area contributed by atoms with Crippen molar-refractivity contribution < 1.29 is 9.11 Å². The van der Waals surface area contributed by atoms with Crippen LogP contribution in [0, 0.1) is 0 Å². The van der Waals surface area contributed by atoms with E-state index in [-0.39, 0.29) is 0 Å². The molecule has 4 N–H and O–H groups in total. The lowest BCUT2D eigenvalue weighted by Gasteiger charge is -2.25. The van der Waals surface area contributed by atoms with Crippen molar-refractivity contribution in [3.8, 4) is 0 Å². The topological polar surface area (TPSA) is 66.5 Å². The molecule has 52 valence electrons. The molecule has 0 aromatic rings. The summed E-state index contributed by atoms with van der Waals surface area (Å²) < 4.78 is 17.1. The minimum absolute atomic E-state index is 0.337. The van der Waals surface area contributed by atoms with Crippen LogP contribution in [-0.2, 0) is 0 Å². The molecule has 0 bridgehead atoms. The first-order chi connectivity index (χ1) is 3.56. The summed E-state index contributed by atoms with van der Waals surface area (Å²) >= 11 is 0. The fourth-order valence-electron chi connectivity index (χ4n) is 0.357. The van der Waals surface area contributed by atoms with Gasteiger partial charge >= 0.3 is 0 Å². The van der Waals surface area contributed by atoms with E-state index in [0.29, 0.717) is 5.75 Å². The summed E-state index contributed by atoms with van der Waals surface area (Å²) in [6.07, 6.45) is 1.74. The van der Waals surface area contributed by atoms with Crippen LogP contribution in [0.2, 0.25) is 0 Å². The van der Waals surface area contributed by atoms with Crippen molar-refractivity contribution in [2.75, 3.05) is 5.75 Å². The molecule has 0 rings (SSSR count). The van der Waals surface area contributed by atoms with Gasteiger partial charge in [0.05, 0.1) is 5.75 Å². The van der Waals surface area contributed by atoms with E-state index in [1.807, 2.05) is 6.92 Å². The molecule has 0 amide bonds. The van der Waals surface area contributed by atoms with Crippen molar-refractivity contribution in [3.05, 3.63) is 0 Å². The van der Waals surface area contributed by atoms with Crippen LogP contribution < -0.4 is 5.14 Å². The van der Waals surface area contributed by atoms with Gasteiger partial charge in [-0.25, -0.2) is 5.14 Å². The van der Waals surface area contributed by atoms with Crippen molar-refractivity contribution in [2.45, 2.75) is 19.8 Å². The Hall–Kier alpha value is 0.230. The molecule has 0 aliphatic carbocycles. The summed E-state index contributed by atoms with van der Waals surface area (Å²) in [5.41, 5.74) is 0. The maximum absolute atomic E-state index is 8.57. The molecule has 0 heterocycles. The Labute approximate surface area is 51.4 Å². The molecule has 0 aromatic heterocycles. The van der Waals surface area contributed by atoms with Crippen molar-refractivity contribution in [2.24, 2.45) is 5.14 Å². The fourth-order valence-corrected chi connectivity index (χ4v) is 1.07. The molecule has 0 unspecified atom stereocenters. The van der Waals surface area contributed by atoms with Crippen LogP contribution in [0.3, 0.4) is 0 Å². The first-order valence-corrected chi connectivity index (χ1v) is 4.38. The van der Waals surface area contributed by atoms with Gasteiger partial charge in [-0.15, -0.1) is 10.8 Å². The van der Waals surface area contributed by atoms with E-state index < -0.39 is 10.8 Å². The molecular weight excluding hydrogens is 126 g/mol. The van der Waals surface area contributed by atoms with E-state index in [0.717, 1.165) is 12.8 Å². The van der Waals surface area contributed by atoms with Gasteiger partial charge in [0.15, 0.2) is 0 Å². The Morgan fingerprint density at radius 2 is 2.00 bits per heavy atom. The Bertz CT molecular complexity index is 61.5. The molecule has 0 aliphatic rings. The van der Waals surface area contributed by atoms with Crippen LogP contribution in [0.5, 0.6) is 0 Å². The largest absolute Gasteiger partial charge is 0.286 e. The molecule has 0 saturated heterocycles. The lowest BCUT2D eigenvalue weighted by atomic mass is 10.4. The maximum Gasteiger partial charge on any atom is 0.0525 e. The highest BCUT2D eigenvalue weighted by Crippen LogP contribution is 2.28. The summed E-state index contributed by atoms with van der Waals surface area (Å²) in [5, 5.41) is 4.92. The molecule has 4 heteroatoms. The summed E-state index contributed by atoms with van der Waals surface area (Å²) in [5.74, 6) is 0.337. The fraction of sp³-hybridized carbons (Fsp3) is 1.00. The zero-order chi connectivity index (χ0) is 6.62. The van der Waals surface area contributed by atoms with Gasteiger partial charge < -0.3 is 0 Å². The molecule has 0 aromatic carbocycles. The Balaban J connectivity index is 3.11. The summed E-state index contributed by atoms with van der Waals surface area (Å²) in [6.45, 7) is 1.98. The van der Waals surface area contributed by atoms with E-state index in [2.05, 4.69) is 0 Å². The number of hydrogen-bond acceptors (Lipinski definition) is 3. The minimum Gasteiger partial charge on any atom is -0.286 e. The average Bonchev–Trinajstić information content (AvgIpc) is 1.59. The van der Waals surface area contributed by atoms with Gasteiger partial charge in [0, 0.05) is 0 Å². The van der Waals surface area contributed by atoms with E-state index >= 15 is 0 Å². The van der Waals surface area contributed by atoms with Gasteiger partial charge in [-0.3, -0.25) is 9.11 Å². The third-order valence-corrected chi connectivity index (χ3v) is 1.69. The molecule has 0 aliphatic heterocycles. The summed E-state index contributed by atoms with van der Waals surface area (Å²) in [6, 6.07) is 0. The third kappa shape index (κ3) is 6.23. The average molecular weight is 139 g/mol. The van der Waals surface area contributed by atoms with E-state index in [9.17, 15) is 0 Å². The second-order valence-corrected chi connectivity index (χ2v) is 3.62. The summed E-state index contributed by atoms with van der Waals surface area (Å²) in [7, 11) is -2.69. The second-order valence-electron chi connectivity index (χ2n) is 1.78. The lowest BCUT2D eigenvalue weighted by molar-refractivity contribution is 0.486. The molecule has 0 radical (unpaired) electrons. The van der Waals surface area contributed by atoms with Gasteiger partial charge in [0.25, 0.3) is 0 Å². The molecule has 0 saturated carbocycles. The number of unbranched alkanes of at least 4 members (excludes halogenated alkanes) is 1. The van der Waals surface area contributed by atoms with E-state index in [1.54, 1.807) is 0 Å². The maximum atomic E-state index is 8.57. The van der Waals surface area contributed by atoms with Crippen LogP contribution in [0.1, 0.15) is 19.8 Å². The van der Waals surface area contributed by atoms with Crippen LogP contribution >= 0.6 is 10.8 Å². The predicted octanol–water partition coefficient (Wildman–Crippen LogP) is 1.41. The zero-order valence-electron chi connectivity index (χ0n) is 5.00. The van der Waals surface area contributed by atoms with Gasteiger partial charge in [0.1, 0.15) is 0 Å². The van der Waals surface area contributed by atoms with Crippen LogP contribution in [-0.4, -0.2) is 14.9 Å². The van der Waals surface area contributed by atoms with Crippen LogP contribution in [0.15, 0.2) is 0 Å². The predicted molar refractivity (Wildman–Crippen MR) is 36.8 cm³/mol. The third-order valence-electron chi connectivity index (χ3n) is 0.798. The first-order valence-electron chi connectivity index (χ1n) is 2.60. The van der Waals surface area contributed by atoms with Crippen LogP contribution in [0.25, 0.3) is 0 Å². The van der Waals surface area contributed by atoms with Crippen molar-refractivity contribution in [1.82, 2.24) is 0 Å². The normalized spacial score (nSPS) is 14.0. The van der Waals surface area contributed by atoms with Crippen molar-refractivity contribution in [1.29, 1.82) is 0 Å². The molecule has 0 spiro atoms. The van der Waals surface area contributed by atoms with Gasteiger partial charge in [0.2, 0.25) is 0 Å². The van der Waals surface area contributed by atoms with E-state index in [4.69, 9.17) is 14.2 Å². The minimum atomic E-state index is -2.69. The number of hydrogen-bond donors (Lipinski definition) is 3. The Kier molecular flexibility index (Phi) is 3.39. The molecule has 0 atom stereocenters. The zero-order valence-corrected chi connectivity index (χ0v) is 5.82. The summed E-state index contributed by atoms with van der Waals surface area (Å²) in [4.78, 5) is 0. The van der Waals surface area contributed by atoms with Gasteiger partial charge in [-0.1, -0.05) is 13.3 Å². The SMILES string of the molecule is CCCCS(N)(O)O. The number of rotatable bonds is 3. The van der Waals surface area contributed by atoms with Gasteiger partial charge in [-0.05, 0) is 6.42 Å². The quantitative estimate of drug-likeness (QED) is 0.554. The smallest absolute Gasteiger partial charge is 0.0525 e. The molecule has 3 nitrogen and oxygen atoms in total. The van der Waals surface area contributed by atoms with Gasteiger partial charge in [-0.2, -0.15) is 0 Å². The number of nitrogens with two attached hydrogens (primary N) is 1. The standard InChI is InChI=1S/C4H13NO2S/c1-2-3-4-8(5,6)7/h6-7H,2-5H2,1H3. The van der Waals surface area contributed by atoms with Crippen molar-refractivity contribution >= 4 is 10.8 Å². The highest BCUT2D eigenvalue weighted by Gasteiger charge is 2.00. The molecular formula is C4H13NO2S. The molecule has 8 heavy (non-hydrogen) atoms. The lowest BCUT2D eigenvalue weighted by Crippen LogP contribution is -2.11. The second kappa shape index (κ2) is 3.29. The van der Waals surface area contributed by atoms with Crippen LogP contribution in [0.4, 0.5) is 0 Å². The Morgan fingerprint density at radius 1 is 1.50 bits per heavy atom.